The highest BCUT2D eigenvalue weighted by Gasteiger charge is 2.41. The van der Waals surface area contributed by atoms with Crippen LogP contribution in [0.3, 0.4) is 0 Å². The molecule has 0 saturated carbocycles. The Labute approximate surface area is 87.5 Å². The zero-order valence-electron chi connectivity index (χ0n) is 7.88. The Morgan fingerprint density at radius 2 is 2.29 bits per heavy atom. The van der Waals surface area contributed by atoms with E-state index in [9.17, 15) is 4.79 Å². The average molecular weight is 211 g/mol. The number of fused-ring (bicyclic) bond motifs is 1. The summed E-state index contributed by atoms with van der Waals surface area (Å²) >= 11 is 5.86. The summed E-state index contributed by atoms with van der Waals surface area (Å²) in [7, 11) is 0. The van der Waals surface area contributed by atoms with Gasteiger partial charge >= 0.3 is 5.97 Å². The van der Waals surface area contributed by atoms with Crippen LogP contribution in [-0.2, 0) is 16.6 Å². The first-order valence-corrected chi connectivity index (χ1v) is 4.94. The molecule has 0 aliphatic heterocycles. The number of halogens is 1. The summed E-state index contributed by atoms with van der Waals surface area (Å²) in [6.45, 7) is 1.76. The Morgan fingerprint density at radius 1 is 1.57 bits per heavy atom. The lowest BCUT2D eigenvalue weighted by Crippen LogP contribution is -2.29. The van der Waals surface area contributed by atoms with Gasteiger partial charge in [0.05, 0.1) is 5.41 Å². The monoisotopic (exact) mass is 210 g/mol. The molecular formula is C11H11ClO2. The number of benzene rings is 1. The number of aryl methyl sites for hydroxylation is 1. The van der Waals surface area contributed by atoms with Crippen molar-refractivity contribution in [1.82, 2.24) is 0 Å². The summed E-state index contributed by atoms with van der Waals surface area (Å²) in [5.41, 5.74) is 1.23. The molecule has 1 atom stereocenters. The van der Waals surface area contributed by atoms with Crippen molar-refractivity contribution in [3.05, 3.63) is 34.3 Å². The van der Waals surface area contributed by atoms with Gasteiger partial charge in [-0.25, -0.2) is 0 Å². The molecule has 14 heavy (non-hydrogen) atoms. The molecule has 2 rings (SSSR count). The van der Waals surface area contributed by atoms with Gasteiger partial charge in [0.25, 0.3) is 0 Å². The Morgan fingerprint density at radius 3 is 2.93 bits per heavy atom. The molecule has 0 heterocycles. The van der Waals surface area contributed by atoms with E-state index < -0.39 is 11.4 Å². The largest absolute Gasteiger partial charge is 0.481 e. The summed E-state index contributed by atoms with van der Waals surface area (Å²) < 4.78 is 0. The van der Waals surface area contributed by atoms with E-state index in [2.05, 4.69) is 0 Å². The maximum absolute atomic E-state index is 11.2. The van der Waals surface area contributed by atoms with Crippen molar-refractivity contribution in [1.29, 1.82) is 0 Å². The fraction of sp³-hybridized carbons (Fsp3) is 0.364. The van der Waals surface area contributed by atoms with Crippen LogP contribution in [0, 0.1) is 0 Å². The predicted molar refractivity (Wildman–Crippen MR) is 54.8 cm³/mol. The van der Waals surface area contributed by atoms with Gasteiger partial charge in [-0.15, -0.1) is 0 Å². The molecule has 0 saturated heterocycles. The quantitative estimate of drug-likeness (QED) is 0.774. The third-order valence-electron chi connectivity index (χ3n) is 3.03. The first kappa shape index (κ1) is 9.53. The molecule has 0 spiro atoms. The third-order valence-corrected chi connectivity index (χ3v) is 3.27. The summed E-state index contributed by atoms with van der Waals surface area (Å²) in [4.78, 5) is 11.2. The van der Waals surface area contributed by atoms with Crippen LogP contribution in [0.5, 0.6) is 0 Å². The Kier molecular flexibility index (Phi) is 2.04. The molecule has 1 aliphatic rings. The average Bonchev–Trinajstić information content (AvgIpc) is 2.46. The predicted octanol–water partition coefficient (Wildman–Crippen LogP) is 2.63. The number of aliphatic carboxylic acids is 1. The van der Waals surface area contributed by atoms with E-state index in [0.717, 1.165) is 17.5 Å². The van der Waals surface area contributed by atoms with Crippen LogP contribution >= 0.6 is 11.6 Å². The van der Waals surface area contributed by atoms with E-state index in [-0.39, 0.29) is 0 Å². The molecule has 0 bridgehead atoms. The maximum atomic E-state index is 11.2. The van der Waals surface area contributed by atoms with E-state index in [1.165, 1.54) is 0 Å². The smallest absolute Gasteiger partial charge is 0.313 e. The number of carboxylic acids is 1. The van der Waals surface area contributed by atoms with Gasteiger partial charge in [-0.3, -0.25) is 4.79 Å². The van der Waals surface area contributed by atoms with Gasteiger partial charge < -0.3 is 5.11 Å². The van der Waals surface area contributed by atoms with E-state index in [4.69, 9.17) is 16.7 Å². The molecular weight excluding hydrogens is 200 g/mol. The minimum absolute atomic E-state index is 0.609. The van der Waals surface area contributed by atoms with Gasteiger partial charge in [0.15, 0.2) is 0 Å². The van der Waals surface area contributed by atoms with E-state index in [1.807, 2.05) is 12.1 Å². The lowest BCUT2D eigenvalue weighted by Gasteiger charge is -2.19. The van der Waals surface area contributed by atoms with Gasteiger partial charge in [-0.1, -0.05) is 17.7 Å². The first-order chi connectivity index (χ1) is 6.54. The molecule has 0 fully saturated rings. The van der Waals surface area contributed by atoms with Crippen LogP contribution in [0.25, 0.3) is 0 Å². The topological polar surface area (TPSA) is 37.3 Å². The molecule has 1 aromatic rings. The Balaban J connectivity index is 2.58. The van der Waals surface area contributed by atoms with Crippen molar-refractivity contribution in [3.8, 4) is 0 Å². The molecule has 0 aromatic heterocycles. The minimum Gasteiger partial charge on any atom is -0.481 e. The fourth-order valence-electron chi connectivity index (χ4n) is 2.02. The number of rotatable bonds is 1. The van der Waals surface area contributed by atoms with Crippen LogP contribution in [-0.4, -0.2) is 11.1 Å². The number of carbonyl (C=O) groups is 1. The van der Waals surface area contributed by atoms with E-state index in [0.29, 0.717) is 11.4 Å². The molecule has 0 amide bonds. The van der Waals surface area contributed by atoms with Crippen LogP contribution < -0.4 is 0 Å². The van der Waals surface area contributed by atoms with Crippen LogP contribution in [0.15, 0.2) is 18.2 Å². The lowest BCUT2D eigenvalue weighted by molar-refractivity contribution is -0.143. The number of hydrogen-bond donors (Lipinski definition) is 1. The molecule has 1 unspecified atom stereocenters. The van der Waals surface area contributed by atoms with Gasteiger partial charge in [-0.2, -0.15) is 0 Å². The van der Waals surface area contributed by atoms with Gasteiger partial charge in [0, 0.05) is 5.02 Å². The summed E-state index contributed by atoms with van der Waals surface area (Å²) in [5.74, 6) is -0.765. The second kappa shape index (κ2) is 2.99. The number of carboxylic acid groups (broad SMARTS) is 1. The van der Waals surface area contributed by atoms with Gasteiger partial charge in [0.1, 0.15) is 0 Å². The first-order valence-electron chi connectivity index (χ1n) is 4.56. The normalized spacial score (nSPS) is 24.7. The number of hydrogen-bond acceptors (Lipinski definition) is 1. The maximum Gasteiger partial charge on any atom is 0.313 e. The van der Waals surface area contributed by atoms with Crippen molar-refractivity contribution >= 4 is 17.6 Å². The second-order valence-corrected chi connectivity index (χ2v) is 4.38. The standard InChI is InChI=1S/C11H11ClO2/c1-11(10(13)14)5-4-7-2-3-8(12)6-9(7)11/h2-3,6H,4-5H2,1H3,(H,13,14). The summed E-state index contributed by atoms with van der Waals surface area (Å²) in [6, 6.07) is 5.51. The summed E-state index contributed by atoms with van der Waals surface area (Å²) in [5, 5.41) is 9.78. The molecule has 2 nitrogen and oxygen atoms in total. The molecule has 0 radical (unpaired) electrons. The zero-order valence-corrected chi connectivity index (χ0v) is 8.64. The van der Waals surface area contributed by atoms with Crippen LogP contribution in [0.1, 0.15) is 24.5 Å². The molecule has 3 heteroatoms. The van der Waals surface area contributed by atoms with Crippen molar-refractivity contribution in [2.24, 2.45) is 0 Å². The van der Waals surface area contributed by atoms with Crippen molar-refractivity contribution in [3.63, 3.8) is 0 Å². The van der Waals surface area contributed by atoms with Gasteiger partial charge in [0.2, 0.25) is 0 Å². The van der Waals surface area contributed by atoms with Crippen LogP contribution in [0.2, 0.25) is 5.02 Å². The van der Waals surface area contributed by atoms with Crippen molar-refractivity contribution in [2.45, 2.75) is 25.2 Å². The third kappa shape index (κ3) is 1.22. The summed E-state index contributed by atoms with van der Waals surface area (Å²) in [6.07, 6.45) is 1.49. The molecule has 74 valence electrons. The van der Waals surface area contributed by atoms with Crippen molar-refractivity contribution in [2.75, 3.05) is 0 Å². The van der Waals surface area contributed by atoms with E-state index in [1.54, 1.807) is 13.0 Å². The Hall–Kier alpha value is -1.02. The SMILES string of the molecule is CC1(C(=O)O)CCc2ccc(Cl)cc21. The second-order valence-electron chi connectivity index (χ2n) is 3.94. The van der Waals surface area contributed by atoms with Crippen molar-refractivity contribution < 1.29 is 9.90 Å². The Bertz CT molecular complexity index is 400. The zero-order chi connectivity index (χ0) is 10.3. The highest BCUT2D eigenvalue weighted by Crippen LogP contribution is 2.39. The molecule has 1 N–H and O–H groups in total. The fourth-order valence-corrected chi connectivity index (χ4v) is 2.19. The minimum atomic E-state index is -0.765. The lowest BCUT2D eigenvalue weighted by atomic mass is 9.84. The molecule has 1 aromatic carbocycles. The highest BCUT2D eigenvalue weighted by molar-refractivity contribution is 6.30. The van der Waals surface area contributed by atoms with Gasteiger partial charge in [-0.05, 0) is 43.0 Å². The van der Waals surface area contributed by atoms with Crippen LogP contribution in [0.4, 0.5) is 0 Å². The molecule has 1 aliphatic carbocycles. The highest BCUT2D eigenvalue weighted by atomic mass is 35.5. The van der Waals surface area contributed by atoms with E-state index >= 15 is 0 Å².